The summed E-state index contributed by atoms with van der Waals surface area (Å²) in [7, 11) is 2.07. The number of anilines is 1. The third-order valence-electron chi connectivity index (χ3n) is 9.49. The van der Waals surface area contributed by atoms with Crippen LogP contribution in [0.4, 0.5) is 10.1 Å². The Morgan fingerprint density at radius 2 is 2.07 bits per heavy atom. The Morgan fingerprint density at radius 1 is 1.24 bits per heavy atom. The summed E-state index contributed by atoms with van der Waals surface area (Å²) in [6.07, 6.45) is 4.10. The number of aromatic nitrogens is 1. The highest BCUT2D eigenvalue weighted by atomic mass is 35.5. The van der Waals surface area contributed by atoms with E-state index in [2.05, 4.69) is 54.6 Å². The third kappa shape index (κ3) is 5.83. The molecule has 1 aliphatic carbocycles. The number of nitriles is 1. The van der Waals surface area contributed by atoms with Gasteiger partial charge in [-0.2, -0.15) is 5.26 Å². The predicted octanol–water partition coefficient (Wildman–Crippen LogP) is 6.05. The Kier molecular flexibility index (Phi) is 8.68. The van der Waals surface area contributed by atoms with Crippen molar-refractivity contribution in [1.29, 1.82) is 5.26 Å². The molecule has 6 rings (SSSR count). The van der Waals surface area contributed by atoms with Crippen LogP contribution in [-0.2, 0) is 17.6 Å². The van der Waals surface area contributed by atoms with Crippen molar-refractivity contribution in [3.63, 3.8) is 0 Å². The van der Waals surface area contributed by atoms with Gasteiger partial charge in [-0.3, -0.25) is 4.79 Å². The molecule has 0 N–H and O–H groups in total. The number of carbonyl (C=O) groups excluding carboxylic acids is 1. The molecule has 3 atom stereocenters. The molecule has 8 nitrogen and oxygen atoms in total. The van der Waals surface area contributed by atoms with Crippen LogP contribution in [0.5, 0.6) is 5.88 Å². The number of halogens is 2. The SMILES string of the molecule is [C-]#[N+]C[C@H]1CN(c2c(C#N)c(OC[C@@H]3CCCN3C)nc3cc(-c4cccc5c4CC(C)C5)c(Cl)cc23)CCN1C(=O)C(=C)F. The molecule has 10 heteroatoms. The van der Waals surface area contributed by atoms with Gasteiger partial charge < -0.3 is 24.3 Å². The lowest BCUT2D eigenvalue weighted by molar-refractivity contribution is -0.131. The zero-order chi connectivity index (χ0) is 31.8. The van der Waals surface area contributed by atoms with E-state index in [1.165, 1.54) is 16.0 Å². The van der Waals surface area contributed by atoms with Crippen LogP contribution in [0, 0.1) is 23.8 Å². The Hall–Kier alpha value is -4.18. The Bertz CT molecular complexity index is 1760. The minimum atomic E-state index is -1.06. The number of piperazine rings is 1. The van der Waals surface area contributed by atoms with Crippen LogP contribution in [0.15, 0.2) is 42.7 Å². The topological polar surface area (TPSA) is 77.1 Å². The van der Waals surface area contributed by atoms with Gasteiger partial charge >= 0.3 is 0 Å². The Morgan fingerprint density at radius 3 is 2.78 bits per heavy atom. The monoisotopic (exact) mass is 626 g/mol. The average Bonchev–Trinajstić information content (AvgIpc) is 3.62. The number of likely N-dealkylation sites (N-methyl/N-ethyl adjacent to an activating group) is 1. The molecule has 45 heavy (non-hydrogen) atoms. The van der Waals surface area contributed by atoms with Gasteiger partial charge in [0.1, 0.15) is 24.3 Å². The highest BCUT2D eigenvalue weighted by molar-refractivity contribution is 6.34. The minimum absolute atomic E-state index is 0.0137. The smallest absolute Gasteiger partial charge is 0.282 e. The van der Waals surface area contributed by atoms with Gasteiger partial charge in [-0.1, -0.05) is 43.3 Å². The van der Waals surface area contributed by atoms with E-state index in [1.54, 1.807) is 0 Å². The van der Waals surface area contributed by atoms with Crippen LogP contribution in [-0.4, -0.2) is 79.2 Å². The number of likely N-dealkylation sites (tertiary alicyclic amines) is 1. The summed E-state index contributed by atoms with van der Waals surface area (Å²) < 4.78 is 20.2. The molecule has 2 aliphatic heterocycles. The normalized spacial score (nSPS) is 21.4. The second-order valence-corrected chi connectivity index (χ2v) is 12.9. The van der Waals surface area contributed by atoms with Gasteiger partial charge in [0.15, 0.2) is 5.83 Å². The fourth-order valence-electron chi connectivity index (χ4n) is 7.21. The first-order valence-electron chi connectivity index (χ1n) is 15.4. The van der Waals surface area contributed by atoms with E-state index >= 15 is 0 Å². The molecule has 1 amide bonds. The fourth-order valence-corrected chi connectivity index (χ4v) is 7.47. The number of hydrogen-bond acceptors (Lipinski definition) is 6. The van der Waals surface area contributed by atoms with Gasteiger partial charge in [-0.15, -0.1) is 0 Å². The lowest BCUT2D eigenvalue weighted by atomic mass is 9.95. The lowest BCUT2D eigenvalue weighted by Crippen LogP contribution is -2.56. The first-order chi connectivity index (χ1) is 21.7. The molecule has 2 fully saturated rings. The van der Waals surface area contributed by atoms with E-state index in [4.69, 9.17) is 27.9 Å². The standard InChI is InChI=1S/C35H36ClFN6O2/c1-21-13-23-7-5-9-26(27(23)14-21)28-16-32-29(15-31(28)36)33(30(17-38)34(40-32)45-20-24-8-6-10-41(24)4)42-11-12-43(35(44)22(2)37)25(19-42)18-39-3/h5,7,9,15-16,21,24-25H,2,6,8,10-14,18-20H2,1,4H3/t21?,24-,25-/m0/s1. The first-order valence-corrected chi connectivity index (χ1v) is 15.8. The summed E-state index contributed by atoms with van der Waals surface area (Å²) in [5.74, 6) is -1.07. The second kappa shape index (κ2) is 12.7. The summed E-state index contributed by atoms with van der Waals surface area (Å²) in [6.45, 7) is 15.0. The molecule has 3 aliphatic rings. The van der Waals surface area contributed by atoms with Gasteiger partial charge in [0.25, 0.3) is 5.91 Å². The molecule has 0 saturated carbocycles. The molecule has 2 aromatic carbocycles. The molecule has 1 unspecified atom stereocenters. The number of ether oxygens (including phenoxy) is 1. The average molecular weight is 627 g/mol. The summed E-state index contributed by atoms with van der Waals surface area (Å²) in [4.78, 5) is 26.6. The molecule has 0 bridgehead atoms. The molecule has 3 aromatic rings. The van der Waals surface area contributed by atoms with Crippen molar-refractivity contribution in [1.82, 2.24) is 14.8 Å². The zero-order valence-corrected chi connectivity index (χ0v) is 26.4. The molecular weight excluding hydrogens is 591 g/mol. The number of pyridine rings is 1. The van der Waals surface area contributed by atoms with Gasteiger partial charge in [0.2, 0.25) is 12.4 Å². The molecular formula is C35H36ClFN6O2. The van der Waals surface area contributed by atoms with Gasteiger partial charge in [0, 0.05) is 41.6 Å². The largest absolute Gasteiger partial charge is 0.475 e. The van der Waals surface area contributed by atoms with Gasteiger partial charge in [0.05, 0.1) is 11.2 Å². The minimum Gasteiger partial charge on any atom is -0.475 e. The first kappa shape index (κ1) is 30.8. The van der Waals surface area contributed by atoms with Crippen LogP contribution >= 0.6 is 11.6 Å². The van der Waals surface area contributed by atoms with E-state index in [0.717, 1.165) is 43.4 Å². The lowest BCUT2D eigenvalue weighted by Gasteiger charge is -2.40. The van der Waals surface area contributed by atoms with Crippen molar-refractivity contribution in [3.8, 4) is 23.1 Å². The Balaban J connectivity index is 1.48. The number of benzene rings is 2. The second-order valence-electron chi connectivity index (χ2n) is 12.5. The number of carbonyl (C=O) groups is 1. The van der Waals surface area contributed by atoms with Gasteiger partial charge in [-0.25, -0.2) is 15.9 Å². The third-order valence-corrected chi connectivity index (χ3v) is 9.80. The van der Waals surface area contributed by atoms with Crippen molar-refractivity contribution in [2.75, 3.05) is 51.3 Å². The van der Waals surface area contributed by atoms with E-state index < -0.39 is 17.8 Å². The van der Waals surface area contributed by atoms with Crippen LogP contribution in [0.1, 0.15) is 36.5 Å². The van der Waals surface area contributed by atoms with E-state index in [9.17, 15) is 14.4 Å². The maximum absolute atomic E-state index is 13.9. The number of nitrogens with zero attached hydrogens (tertiary/aromatic N) is 6. The molecule has 232 valence electrons. The molecule has 1 aromatic heterocycles. The van der Waals surface area contributed by atoms with Crippen LogP contribution in [0.2, 0.25) is 5.02 Å². The highest BCUT2D eigenvalue weighted by Crippen LogP contribution is 2.43. The summed E-state index contributed by atoms with van der Waals surface area (Å²) in [5.41, 5.74) is 6.11. The van der Waals surface area contributed by atoms with Crippen molar-refractivity contribution < 1.29 is 13.9 Å². The van der Waals surface area contributed by atoms with Crippen molar-refractivity contribution in [2.24, 2.45) is 5.92 Å². The number of fused-ring (bicyclic) bond motifs is 2. The molecule has 0 spiro atoms. The van der Waals surface area contributed by atoms with E-state index in [1.807, 2.05) is 17.0 Å². The highest BCUT2D eigenvalue weighted by Gasteiger charge is 2.36. The predicted molar refractivity (Wildman–Crippen MR) is 174 cm³/mol. The van der Waals surface area contributed by atoms with Crippen molar-refractivity contribution in [3.05, 3.63) is 75.9 Å². The molecule has 0 radical (unpaired) electrons. The fraction of sp³-hybridized carbons (Fsp3) is 0.429. The Labute approximate surface area is 268 Å². The summed E-state index contributed by atoms with van der Waals surface area (Å²) >= 11 is 7.05. The van der Waals surface area contributed by atoms with Crippen LogP contribution in [0.25, 0.3) is 26.9 Å². The van der Waals surface area contributed by atoms with Crippen molar-refractivity contribution in [2.45, 2.75) is 44.7 Å². The van der Waals surface area contributed by atoms with Gasteiger partial charge in [-0.05, 0) is 74.0 Å². The molecule has 3 heterocycles. The number of hydrogen-bond donors (Lipinski definition) is 0. The van der Waals surface area contributed by atoms with Crippen LogP contribution < -0.4 is 9.64 Å². The number of rotatable bonds is 7. The molecule has 2 saturated heterocycles. The maximum atomic E-state index is 13.9. The zero-order valence-electron chi connectivity index (χ0n) is 25.7. The number of amides is 1. The van der Waals surface area contributed by atoms with E-state index in [-0.39, 0.29) is 37.1 Å². The summed E-state index contributed by atoms with van der Waals surface area (Å²) in [5, 5.41) is 11.8. The van der Waals surface area contributed by atoms with Crippen molar-refractivity contribution >= 4 is 34.1 Å². The maximum Gasteiger partial charge on any atom is 0.282 e. The van der Waals surface area contributed by atoms with Crippen LogP contribution in [0.3, 0.4) is 0 Å². The summed E-state index contributed by atoms with van der Waals surface area (Å²) in [6, 6.07) is 12.2. The van der Waals surface area contributed by atoms with E-state index in [0.29, 0.717) is 40.7 Å². The quantitative estimate of drug-likeness (QED) is 0.235.